The molecular weight excluding hydrogens is 338 g/mol. The van der Waals surface area contributed by atoms with E-state index in [-0.39, 0.29) is 6.04 Å². The minimum absolute atomic E-state index is 0.234. The monoisotopic (exact) mass is 367 g/mol. The minimum atomic E-state index is 0.234. The molecule has 0 radical (unpaired) electrons. The lowest BCUT2D eigenvalue weighted by atomic mass is 10.1. The van der Waals surface area contributed by atoms with Crippen LogP contribution in [0.15, 0.2) is 29.3 Å². The Labute approximate surface area is 160 Å². The summed E-state index contributed by atoms with van der Waals surface area (Å²) in [5.74, 6) is 1.75. The summed E-state index contributed by atoms with van der Waals surface area (Å²) in [6, 6.07) is 8.40. The molecule has 0 saturated heterocycles. The van der Waals surface area contributed by atoms with Gasteiger partial charge in [-0.3, -0.25) is 9.67 Å². The third-order valence-electron chi connectivity index (χ3n) is 5.07. The molecule has 0 amide bonds. The van der Waals surface area contributed by atoms with E-state index in [1.54, 1.807) is 7.05 Å². The molecule has 3 aromatic rings. The predicted octanol–water partition coefficient (Wildman–Crippen LogP) is 2.22. The molecule has 7 heteroatoms. The predicted molar refractivity (Wildman–Crippen MR) is 110 cm³/mol. The van der Waals surface area contributed by atoms with E-state index in [9.17, 15) is 0 Å². The summed E-state index contributed by atoms with van der Waals surface area (Å²) in [6.45, 7) is 6.95. The van der Waals surface area contributed by atoms with Crippen LogP contribution in [0.2, 0.25) is 0 Å². The second-order valence-electron chi connectivity index (χ2n) is 7.02. The zero-order valence-corrected chi connectivity index (χ0v) is 17.0. The number of hydrogen-bond donors (Lipinski definition) is 2. The van der Waals surface area contributed by atoms with Gasteiger partial charge in [-0.2, -0.15) is 5.10 Å². The molecule has 0 bridgehead atoms. The molecule has 144 valence electrons. The maximum atomic E-state index is 4.70. The van der Waals surface area contributed by atoms with Gasteiger partial charge in [0.15, 0.2) is 5.96 Å². The Morgan fingerprint density at radius 2 is 1.96 bits per heavy atom. The number of fused-ring (bicyclic) bond motifs is 1. The molecule has 7 nitrogen and oxygen atoms in total. The van der Waals surface area contributed by atoms with E-state index in [1.807, 2.05) is 37.0 Å². The summed E-state index contributed by atoms with van der Waals surface area (Å²) in [5, 5.41) is 11.3. The zero-order valence-electron chi connectivity index (χ0n) is 17.0. The Bertz CT molecular complexity index is 964. The van der Waals surface area contributed by atoms with E-state index in [4.69, 9.17) is 4.98 Å². The van der Waals surface area contributed by atoms with E-state index in [1.165, 1.54) is 11.3 Å². The number of para-hydroxylation sites is 2. The molecule has 1 aromatic carbocycles. The molecule has 1 atom stereocenters. The van der Waals surface area contributed by atoms with E-state index < -0.39 is 0 Å². The number of nitrogens with one attached hydrogen (secondary N) is 2. The van der Waals surface area contributed by atoms with Gasteiger partial charge in [0, 0.05) is 32.9 Å². The minimum Gasteiger partial charge on any atom is -0.354 e. The van der Waals surface area contributed by atoms with Gasteiger partial charge in [0.1, 0.15) is 5.82 Å². The van der Waals surface area contributed by atoms with Crippen LogP contribution in [0.1, 0.15) is 29.7 Å². The lowest BCUT2D eigenvalue weighted by molar-refractivity contribution is 0.630. The molecule has 0 saturated carbocycles. The van der Waals surface area contributed by atoms with Gasteiger partial charge in [-0.05, 0) is 44.9 Å². The van der Waals surface area contributed by atoms with E-state index >= 15 is 0 Å². The van der Waals surface area contributed by atoms with Crippen LogP contribution in [0.4, 0.5) is 0 Å². The first kappa shape index (κ1) is 18.9. The molecule has 0 aliphatic carbocycles. The van der Waals surface area contributed by atoms with Crippen molar-refractivity contribution in [1.29, 1.82) is 0 Å². The first-order valence-electron chi connectivity index (χ1n) is 9.27. The fourth-order valence-corrected chi connectivity index (χ4v) is 3.41. The lowest BCUT2D eigenvalue weighted by Gasteiger charge is -2.18. The Morgan fingerprint density at radius 3 is 2.59 bits per heavy atom. The van der Waals surface area contributed by atoms with Gasteiger partial charge in [-0.1, -0.05) is 12.1 Å². The number of aromatic nitrogens is 4. The lowest BCUT2D eigenvalue weighted by Crippen LogP contribution is -2.43. The summed E-state index contributed by atoms with van der Waals surface area (Å²) >= 11 is 0. The summed E-state index contributed by atoms with van der Waals surface area (Å²) in [7, 11) is 5.82. The average molecular weight is 368 g/mol. The zero-order chi connectivity index (χ0) is 19.6. The second kappa shape index (κ2) is 7.82. The SMILES string of the molecule is CN=C(NCc1nc2ccccc2n1C)NC(C)Cc1c(C)nn(C)c1C. The van der Waals surface area contributed by atoms with Crippen LogP contribution in [0.3, 0.4) is 0 Å². The molecule has 1 unspecified atom stereocenters. The largest absolute Gasteiger partial charge is 0.354 e. The van der Waals surface area contributed by atoms with Gasteiger partial charge in [-0.25, -0.2) is 4.98 Å². The van der Waals surface area contributed by atoms with Gasteiger partial charge < -0.3 is 15.2 Å². The highest BCUT2D eigenvalue weighted by Gasteiger charge is 2.14. The number of guanidine groups is 1. The van der Waals surface area contributed by atoms with Crippen molar-refractivity contribution in [2.75, 3.05) is 7.05 Å². The number of aliphatic imine (C=N–C) groups is 1. The normalized spacial score (nSPS) is 13.2. The first-order valence-corrected chi connectivity index (χ1v) is 9.27. The maximum absolute atomic E-state index is 4.70. The molecule has 0 aliphatic heterocycles. The van der Waals surface area contributed by atoms with Gasteiger partial charge in [0.2, 0.25) is 0 Å². The van der Waals surface area contributed by atoms with E-state index in [0.29, 0.717) is 6.54 Å². The Balaban J connectivity index is 1.62. The summed E-state index contributed by atoms with van der Waals surface area (Å²) in [6.07, 6.45) is 0.901. The van der Waals surface area contributed by atoms with Crippen molar-refractivity contribution in [3.8, 4) is 0 Å². The smallest absolute Gasteiger partial charge is 0.191 e. The van der Waals surface area contributed by atoms with Crippen molar-refractivity contribution in [3.05, 3.63) is 47.0 Å². The highest BCUT2D eigenvalue weighted by molar-refractivity contribution is 5.80. The number of benzene rings is 1. The standard InChI is InChI=1S/C20H29N7/c1-13(11-16-14(2)25-27(6)15(16)3)23-20(21-4)22-12-19-24-17-9-7-8-10-18(17)26(19)5/h7-10,13H,11-12H2,1-6H3,(H2,21,22,23). The van der Waals surface area contributed by atoms with Crippen LogP contribution in [0.5, 0.6) is 0 Å². The molecule has 27 heavy (non-hydrogen) atoms. The highest BCUT2D eigenvalue weighted by Crippen LogP contribution is 2.15. The van der Waals surface area contributed by atoms with Crippen molar-refractivity contribution in [3.63, 3.8) is 0 Å². The molecule has 2 heterocycles. The Hall–Kier alpha value is -2.83. The fourth-order valence-electron chi connectivity index (χ4n) is 3.41. The quantitative estimate of drug-likeness (QED) is 0.536. The number of rotatable bonds is 5. The molecule has 3 rings (SSSR count). The molecule has 0 aliphatic rings. The fraction of sp³-hybridized carbons (Fsp3) is 0.450. The molecular formula is C20H29N7. The van der Waals surface area contributed by atoms with Crippen molar-refractivity contribution in [2.45, 2.75) is 39.8 Å². The maximum Gasteiger partial charge on any atom is 0.191 e. The highest BCUT2D eigenvalue weighted by atomic mass is 15.3. The van der Waals surface area contributed by atoms with Gasteiger partial charge in [0.25, 0.3) is 0 Å². The second-order valence-corrected chi connectivity index (χ2v) is 7.02. The van der Waals surface area contributed by atoms with E-state index in [2.05, 4.69) is 52.1 Å². The Kier molecular flexibility index (Phi) is 5.48. The van der Waals surface area contributed by atoms with Crippen LogP contribution in [-0.2, 0) is 27.1 Å². The number of aryl methyl sites for hydroxylation is 3. The van der Waals surface area contributed by atoms with Crippen LogP contribution < -0.4 is 10.6 Å². The van der Waals surface area contributed by atoms with Crippen molar-refractivity contribution in [1.82, 2.24) is 30.0 Å². The van der Waals surface area contributed by atoms with Crippen molar-refractivity contribution < 1.29 is 0 Å². The topological polar surface area (TPSA) is 72.1 Å². The van der Waals surface area contributed by atoms with Crippen molar-refractivity contribution >= 4 is 17.0 Å². The summed E-state index contributed by atoms with van der Waals surface area (Å²) in [4.78, 5) is 9.05. The van der Waals surface area contributed by atoms with Gasteiger partial charge in [0.05, 0.1) is 23.3 Å². The average Bonchev–Trinajstić information content (AvgIpc) is 3.09. The van der Waals surface area contributed by atoms with Gasteiger partial charge >= 0.3 is 0 Å². The molecule has 0 fully saturated rings. The van der Waals surface area contributed by atoms with Gasteiger partial charge in [-0.15, -0.1) is 0 Å². The van der Waals surface area contributed by atoms with Crippen LogP contribution >= 0.6 is 0 Å². The van der Waals surface area contributed by atoms with Crippen LogP contribution in [-0.4, -0.2) is 38.4 Å². The summed E-state index contributed by atoms with van der Waals surface area (Å²) < 4.78 is 4.05. The van der Waals surface area contributed by atoms with Crippen LogP contribution in [0, 0.1) is 13.8 Å². The van der Waals surface area contributed by atoms with Crippen LogP contribution in [0.25, 0.3) is 11.0 Å². The van der Waals surface area contributed by atoms with E-state index in [0.717, 1.165) is 34.9 Å². The molecule has 0 spiro atoms. The molecule has 2 aromatic heterocycles. The first-order chi connectivity index (χ1) is 12.9. The molecule has 2 N–H and O–H groups in total. The Morgan fingerprint density at radius 1 is 1.22 bits per heavy atom. The number of imidazole rings is 1. The third-order valence-corrected chi connectivity index (χ3v) is 5.07. The third kappa shape index (κ3) is 3.97. The number of hydrogen-bond acceptors (Lipinski definition) is 3. The van der Waals surface area contributed by atoms with Crippen molar-refractivity contribution in [2.24, 2.45) is 19.1 Å². The number of nitrogens with zero attached hydrogens (tertiary/aromatic N) is 5. The summed E-state index contributed by atoms with van der Waals surface area (Å²) in [5.41, 5.74) is 5.74.